The Morgan fingerprint density at radius 3 is 2.16 bits per heavy atom. The SMILES string of the molecule is O=C1[C@@H]2[C@H]3C=C[C@@H]([C@@H]4C[C@H]34)[C@@H]2C(=O)N1/N=C\c1cc(Br)c(OCc2ccccc2)c(Br)c1. The first kappa shape index (κ1) is 20.4. The molecule has 32 heavy (non-hydrogen) atoms. The van der Waals surface area contributed by atoms with Crippen LogP contribution in [0.5, 0.6) is 5.75 Å². The van der Waals surface area contributed by atoms with E-state index < -0.39 is 0 Å². The number of nitrogens with zero attached hydrogens (tertiary/aromatic N) is 2. The second-order valence-corrected chi connectivity index (χ2v) is 10.7. The molecule has 0 unspecified atom stereocenters. The number of carbonyl (C=O) groups excluding carboxylic acids is 2. The van der Waals surface area contributed by atoms with Crippen LogP contribution in [0.1, 0.15) is 17.5 Å². The van der Waals surface area contributed by atoms with Crippen molar-refractivity contribution < 1.29 is 14.3 Å². The van der Waals surface area contributed by atoms with Gasteiger partial charge >= 0.3 is 0 Å². The van der Waals surface area contributed by atoms with Crippen LogP contribution in [0.25, 0.3) is 0 Å². The summed E-state index contributed by atoms with van der Waals surface area (Å²) in [5.74, 6) is 1.50. The van der Waals surface area contributed by atoms with E-state index in [2.05, 4.69) is 49.1 Å². The van der Waals surface area contributed by atoms with Crippen molar-refractivity contribution in [1.82, 2.24) is 5.01 Å². The molecule has 1 saturated heterocycles. The molecule has 0 radical (unpaired) electrons. The van der Waals surface area contributed by atoms with Gasteiger partial charge in [0.2, 0.25) is 0 Å². The van der Waals surface area contributed by atoms with Crippen molar-refractivity contribution in [3.8, 4) is 5.75 Å². The Labute approximate surface area is 202 Å². The van der Waals surface area contributed by atoms with E-state index in [0.29, 0.717) is 24.2 Å². The second-order valence-electron chi connectivity index (χ2n) is 8.98. The minimum absolute atomic E-state index is 0.151. The highest BCUT2D eigenvalue weighted by Gasteiger charge is 2.67. The van der Waals surface area contributed by atoms with E-state index in [1.165, 1.54) is 0 Å². The third-order valence-corrected chi connectivity index (χ3v) is 8.39. The maximum atomic E-state index is 13.1. The van der Waals surface area contributed by atoms with Gasteiger partial charge in [-0.05, 0) is 85.2 Å². The van der Waals surface area contributed by atoms with Crippen molar-refractivity contribution in [2.24, 2.45) is 40.6 Å². The van der Waals surface area contributed by atoms with Crippen LogP contribution in [0, 0.1) is 35.5 Å². The topological polar surface area (TPSA) is 59.0 Å². The smallest absolute Gasteiger partial charge is 0.254 e. The molecule has 2 amide bonds. The molecular weight excluding hydrogens is 536 g/mol. The highest BCUT2D eigenvalue weighted by Crippen LogP contribution is 2.65. The third kappa shape index (κ3) is 3.20. The molecule has 7 rings (SSSR count). The molecule has 0 spiro atoms. The first-order valence-electron chi connectivity index (χ1n) is 10.8. The maximum absolute atomic E-state index is 13.1. The fourth-order valence-corrected chi connectivity index (χ4v) is 7.15. The standard InChI is InChI=1S/C25H20Br2N2O3/c26-19-8-14(9-20(27)23(19)32-12-13-4-2-1-3-5-13)11-28-29-24(30)21-15-6-7-16(18-10-17(15)18)22(21)25(29)31/h1-9,11,15-18,21-22H,10,12H2/b28-11-/t15-,16-,17-,18+,21-,22+/m0/s1. The van der Waals surface area contributed by atoms with E-state index in [1.54, 1.807) is 6.21 Å². The number of halogens is 2. The van der Waals surface area contributed by atoms with Crippen molar-refractivity contribution >= 4 is 49.9 Å². The number of rotatable bonds is 5. The highest BCUT2D eigenvalue weighted by molar-refractivity contribution is 9.11. The van der Waals surface area contributed by atoms with Gasteiger partial charge in [-0.1, -0.05) is 42.5 Å². The third-order valence-electron chi connectivity index (χ3n) is 7.21. The largest absolute Gasteiger partial charge is 0.487 e. The van der Waals surface area contributed by atoms with Crippen molar-refractivity contribution in [3.63, 3.8) is 0 Å². The highest BCUT2D eigenvalue weighted by atomic mass is 79.9. The molecule has 6 atom stereocenters. The van der Waals surface area contributed by atoms with E-state index in [1.807, 2.05) is 42.5 Å². The fourth-order valence-electron chi connectivity index (χ4n) is 5.70. The van der Waals surface area contributed by atoms with Crippen molar-refractivity contribution in [2.45, 2.75) is 13.0 Å². The lowest BCUT2D eigenvalue weighted by Gasteiger charge is -2.37. The van der Waals surface area contributed by atoms with E-state index in [-0.39, 0.29) is 35.5 Å². The Balaban J connectivity index is 1.19. The minimum Gasteiger partial charge on any atom is -0.487 e. The van der Waals surface area contributed by atoms with Crippen molar-refractivity contribution in [3.05, 3.63) is 74.7 Å². The number of carbonyl (C=O) groups is 2. The normalized spacial score (nSPS) is 31.9. The lowest BCUT2D eigenvalue weighted by atomic mass is 9.63. The Morgan fingerprint density at radius 1 is 0.969 bits per heavy atom. The van der Waals surface area contributed by atoms with Gasteiger partial charge in [-0.3, -0.25) is 9.59 Å². The monoisotopic (exact) mass is 554 g/mol. The molecule has 2 bridgehead atoms. The number of hydrogen-bond acceptors (Lipinski definition) is 4. The molecule has 5 aliphatic rings. The molecule has 1 aliphatic heterocycles. The average molecular weight is 556 g/mol. The van der Waals surface area contributed by atoms with Crippen molar-refractivity contribution in [1.29, 1.82) is 0 Å². The molecule has 2 aromatic rings. The summed E-state index contributed by atoms with van der Waals surface area (Å²) in [7, 11) is 0. The van der Waals surface area contributed by atoms with Gasteiger partial charge in [0.15, 0.2) is 0 Å². The quantitative estimate of drug-likeness (QED) is 0.290. The van der Waals surface area contributed by atoms with Gasteiger partial charge in [0.25, 0.3) is 11.8 Å². The molecule has 2 saturated carbocycles. The summed E-state index contributed by atoms with van der Waals surface area (Å²) in [6, 6.07) is 13.7. The second kappa shape index (κ2) is 7.66. The lowest BCUT2D eigenvalue weighted by molar-refractivity contribution is -0.140. The summed E-state index contributed by atoms with van der Waals surface area (Å²) in [5, 5.41) is 5.43. The van der Waals surface area contributed by atoms with Gasteiger partial charge in [-0.2, -0.15) is 10.1 Å². The number of benzene rings is 2. The molecule has 4 aliphatic carbocycles. The average Bonchev–Trinajstić information content (AvgIpc) is 3.57. The van der Waals surface area contributed by atoms with Crippen molar-refractivity contribution in [2.75, 3.05) is 0 Å². The van der Waals surface area contributed by atoms with Crippen LogP contribution < -0.4 is 4.74 Å². The van der Waals surface area contributed by atoms with Crippen LogP contribution in [0.4, 0.5) is 0 Å². The number of amides is 2. The molecule has 162 valence electrons. The van der Waals surface area contributed by atoms with E-state index in [0.717, 1.165) is 31.5 Å². The molecule has 0 aromatic heterocycles. The molecule has 1 heterocycles. The van der Waals surface area contributed by atoms with Crippen LogP contribution in [-0.4, -0.2) is 23.0 Å². The summed E-state index contributed by atoms with van der Waals surface area (Å²) in [6.45, 7) is 0.448. The molecule has 7 heteroatoms. The molecule has 3 fully saturated rings. The minimum atomic E-state index is -0.231. The first-order chi connectivity index (χ1) is 15.5. The summed E-state index contributed by atoms with van der Waals surface area (Å²) in [5.41, 5.74) is 1.83. The summed E-state index contributed by atoms with van der Waals surface area (Å²) in [6.07, 6.45) is 7.06. The number of imide groups is 1. The van der Waals surface area contributed by atoms with Crippen LogP contribution in [0.15, 0.2) is 68.7 Å². The van der Waals surface area contributed by atoms with Gasteiger partial charge < -0.3 is 4.74 Å². The van der Waals surface area contributed by atoms with Crippen LogP contribution in [0.3, 0.4) is 0 Å². The summed E-state index contributed by atoms with van der Waals surface area (Å²) >= 11 is 7.12. The number of hydrogen-bond donors (Lipinski definition) is 0. The molecule has 2 aromatic carbocycles. The Bertz CT molecular complexity index is 1120. The van der Waals surface area contributed by atoms with Crippen LogP contribution in [0.2, 0.25) is 0 Å². The van der Waals surface area contributed by atoms with Gasteiger partial charge in [-0.15, -0.1) is 0 Å². The lowest BCUT2D eigenvalue weighted by Crippen LogP contribution is -2.40. The summed E-state index contributed by atoms with van der Waals surface area (Å²) < 4.78 is 7.49. The van der Waals surface area contributed by atoms with Gasteiger partial charge in [-0.25, -0.2) is 0 Å². The van der Waals surface area contributed by atoms with E-state index in [9.17, 15) is 9.59 Å². The van der Waals surface area contributed by atoms with Crippen LogP contribution in [-0.2, 0) is 16.2 Å². The zero-order chi connectivity index (χ0) is 22.0. The van der Waals surface area contributed by atoms with Gasteiger partial charge in [0.1, 0.15) is 12.4 Å². The maximum Gasteiger partial charge on any atom is 0.254 e. The first-order valence-corrected chi connectivity index (χ1v) is 12.4. The number of hydrazone groups is 1. The molecule has 5 nitrogen and oxygen atoms in total. The summed E-state index contributed by atoms with van der Waals surface area (Å²) in [4.78, 5) is 26.1. The van der Waals surface area contributed by atoms with Gasteiger partial charge in [0, 0.05) is 0 Å². The Hall–Kier alpha value is -2.25. The predicted octanol–water partition coefficient (Wildman–Crippen LogP) is 5.18. The zero-order valence-electron chi connectivity index (χ0n) is 17.0. The molecule has 0 N–H and O–H groups in total. The van der Waals surface area contributed by atoms with Crippen LogP contribution >= 0.6 is 31.9 Å². The molecular formula is C25H20Br2N2O3. The number of ether oxygens (including phenoxy) is 1. The predicted molar refractivity (Wildman–Crippen MR) is 127 cm³/mol. The van der Waals surface area contributed by atoms with Gasteiger partial charge in [0.05, 0.1) is 27.0 Å². The Morgan fingerprint density at radius 2 is 1.56 bits per heavy atom. The van der Waals surface area contributed by atoms with E-state index in [4.69, 9.17) is 4.74 Å². The number of allylic oxidation sites excluding steroid dienone is 2. The fraction of sp³-hybridized carbons (Fsp3) is 0.320. The Kier molecular flexibility index (Phi) is 4.88. The zero-order valence-corrected chi connectivity index (χ0v) is 20.2. The van der Waals surface area contributed by atoms with E-state index >= 15 is 0 Å².